The monoisotopic (exact) mass is 263 g/mol. The van der Waals surface area contributed by atoms with Gasteiger partial charge in [0.1, 0.15) is 6.04 Å². The lowest BCUT2D eigenvalue weighted by Gasteiger charge is -2.21. The molecule has 0 aromatic heterocycles. The maximum Gasteiger partial charge on any atom is 0.244 e. The Balaban J connectivity index is 2.55. The zero-order chi connectivity index (χ0) is 14.3. The number of hydrogen-bond donors (Lipinski definition) is 2. The zero-order valence-electron chi connectivity index (χ0n) is 11.4. The highest BCUT2D eigenvalue weighted by molar-refractivity contribution is 5.87. The third-order valence-electron chi connectivity index (χ3n) is 2.75. The highest BCUT2D eigenvalue weighted by Gasteiger charge is 2.21. The molecule has 1 aromatic rings. The third kappa shape index (κ3) is 4.71. The Morgan fingerprint density at radius 3 is 2.53 bits per heavy atom. The average Bonchev–Trinajstić information content (AvgIpc) is 2.44. The van der Waals surface area contributed by atoms with Gasteiger partial charge in [0.05, 0.1) is 6.54 Å². The van der Waals surface area contributed by atoms with Crippen LogP contribution in [0.15, 0.2) is 30.3 Å². The van der Waals surface area contributed by atoms with E-state index in [0.717, 1.165) is 12.0 Å². The van der Waals surface area contributed by atoms with Crippen LogP contribution in [0.2, 0.25) is 0 Å². The molecule has 3 N–H and O–H groups in total. The van der Waals surface area contributed by atoms with Gasteiger partial charge in [0.25, 0.3) is 0 Å². The summed E-state index contributed by atoms with van der Waals surface area (Å²) in [5.41, 5.74) is 6.64. The van der Waals surface area contributed by atoms with Gasteiger partial charge in [-0.05, 0) is 12.0 Å². The van der Waals surface area contributed by atoms with Crippen LogP contribution in [0, 0.1) is 0 Å². The standard InChI is InChI=1S/C14H21N3O2/c1-3-9-16-12(18)10-17(2)14(19)13(15)11-7-5-4-6-8-11/h4-8,13H,3,9-10,15H2,1-2H3,(H,16,18)/t13-/m1/s1. The van der Waals surface area contributed by atoms with Crippen molar-refractivity contribution in [3.63, 3.8) is 0 Å². The summed E-state index contributed by atoms with van der Waals surface area (Å²) in [4.78, 5) is 25.0. The molecule has 0 aliphatic rings. The van der Waals surface area contributed by atoms with Crippen LogP contribution in [0.4, 0.5) is 0 Å². The molecule has 0 bridgehead atoms. The minimum atomic E-state index is -0.731. The molecule has 104 valence electrons. The van der Waals surface area contributed by atoms with Crippen LogP contribution < -0.4 is 11.1 Å². The van der Waals surface area contributed by atoms with E-state index >= 15 is 0 Å². The number of carbonyl (C=O) groups is 2. The molecule has 2 amide bonds. The van der Waals surface area contributed by atoms with Crippen molar-refractivity contribution in [2.24, 2.45) is 5.73 Å². The average molecular weight is 263 g/mol. The minimum absolute atomic E-state index is 0.0271. The summed E-state index contributed by atoms with van der Waals surface area (Å²) < 4.78 is 0. The number of amides is 2. The van der Waals surface area contributed by atoms with Gasteiger partial charge < -0.3 is 16.0 Å². The van der Waals surface area contributed by atoms with Crippen LogP contribution >= 0.6 is 0 Å². The molecule has 5 heteroatoms. The highest BCUT2D eigenvalue weighted by Crippen LogP contribution is 2.11. The second-order valence-corrected chi connectivity index (χ2v) is 4.43. The summed E-state index contributed by atoms with van der Waals surface area (Å²) in [6, 6.07) is 8.39. The fourth-order valence-electron chi connectivity index (χ4n) is 1.65. The molecule has 5 nitrogen and oxygen atoms in total. The molecule has 0 radical (unpaired) electrons. The Kier molecular flexibility index (Phi) is 6.02. The van der Waals surface area contributed by atoms with Gasteiger partial charge in [0.15, 0.2) is 0 Å². The van der Waals surface area contributed by atoms with Crippen molar-refractivity contribution in [3.8, 4) is 0 Å². The van der Waals surface area contributed by atoms with E-state index in [1.54, 1.807) is 19.2 Å². The summed E-state index contributed by atoms with van der Waals surface area (Å²) in [6.07, 6.45) is 0.868. The van der Waals surface area contributed by atoms with E-state index in [4.69, 9.17) is 5.73 Å². The van der Waals surface area contributed by atoms with E-state index < -0.39 is 6.04 Å². The molecule has 0 saturated carbocycles. The van der Waals surface area contributed by atoms with Crippen LogP contribution in [0.3, 0.4) is 0 Å². The SMILES string of the molecule is CCCNC(=O)CN(C)C(=O)[C@H](N)c1ccccc1. The van der Waals surface area contributed by atoms with Gasteiger partial charge in [-0.25, -0.2) is 0 Å². The lowest BCUT2D eigenvalue weighted by Crippen LogP contribution is -2.42. The van der Waals surface area contributed by atoms with Gasteiger partial charge in [-0.2, -0.15) is 0 Å². The predicted molar refractivity (Wildman–Crippen MR) is 74.3 cm³/mol. The maximum atomic E-state index is 12.1. The van der Waals surface area contributed by atoms with Gasteiger partial charge in [-0.1, -0.05) is 37.3 Å². The first-order valence-electron chi connectivity index (χ1n) is 6.38. The first-order valence-corrected chi connectivity index (χ1v) is 6.38. The van der Waals surface area contributed by atoms with E-state index in [1.165, 1.54) is 4.90 Å². The van der Waals surface area contributed by atoms with Gasteiger partial charge in [-0.3, -0.25) is 9.59 Å². The second kappa shape index (κ2) is 7.53. The predicted octanol–water partition coefficient (Wildman–Crippen LogP) is 0.671. The minimum Gasteiger partial charge on any atom is -0.355 e. The topological polar surface area (TPSA) is 75.4 Å². The van der Waals surface area contributed by atoms with Crippen LogP contribution in [0.1, 0.15) is 24.9 Å². The summed E-state index contributed by atoms with van der Waals surface area (Å²) in [5.74, 6) is -0.434. The van der Waals surface area contributed by atoms with Crippen molar-refractivity contribution in [2.75, 3.05) is 20.1 Å². The van der Waals surface area contributed by atoms with E-state index in [2.05, 4.69) is 5.32 Å². The van der Waals surface area contributed by atoms with Crippen molar-refractivity contribution >= 4 is 11.8 Å². The molecule has 19 heavy (non-hydrogen) atoms. The Bertz CT molecular complexity index is 420. The number of rotatable bonds is 6. The van der Waals surface area contributed by atoms with Crippen molar-refractivity contribution in [3.05, 3.63) is 35.9 Å². The van der Waals surface area contributed by atoms with Gasteiger partial charge in [0.2, 0.25) is 11.8 Å². The molecular formula is C14H21N3O2. The van der Waals surface area contributed by atoms with Crippen LogP contribution in [-0.4, -0.2) is 36.9 Å². The van der Waals surface area contributed by atoms with E-state index in [1.807, 2.05) is 25.1 Å². The molecule has 0 aliphatic heterocycles. The van der Waals surface area contributed by atoms with E-state index in [-0.39, 0.29) is 18.4 Å². The van der Waals surface area contributed by atoms with Gasteiger partial charge >= 0.3 is 0 Å². The fraction of sp³-hybridized carbons (Fsp3) is 0.429. The number of benzene rings is 1. The lowest BCUT2D eigenvalue weighted by molar-refractivity contribution is -0.135. The maximum absolute atomic E-state index is 12.1. The van der Waals surface area contributed by atoms with Crippen LogP contribution in [0.5, 0.6) is 0 Å². The lowest BCUT2D eigenvalue weighted by atomic mass is 10.1. The van der Waals surface area contributed by atoms with Gasteiger partial charge in [0, 0.05) is 13.6 Å². The Morgan fingerprint density at radius 2 is 1.95 bits per heavy atom. The van der Waals surface area contributed by atoms with E-state index in [0.29, 0.717) is 6.54 Å². The first kappa shape index (κ1) is 15.2. The summed E-state index contributed by atoms with van der Waals surface area (Å²) in [7, 11) is 1.58. The molecule has 1 rings (SSSR count). The largest absolute Gasteiger partial charge is 0.355 e. The molecule has 0 unspecified atom stereocenters. The zero-order valence-corrected chi connectivity index (χ0v) is 11.4. The second-order valence-electron chi connectivity index (χ2n) is 4.43. The molecule has 1 atom stereocenters. The Labute approximate surface area is 113 Å². The Hall–Kier alpha value is -1.88. The summed E-state index contributed by atoms with van der Waals surface area (Å²) >= 11 is 0. The molecule has 0 spiro atoms. The van der Waals surface area contributed by atoms with Gasteiger partial charge in [-0.15, -0.1) is 0 Å². The molecule has 0 aliphatic carbocycles. The third-order valence-corrected chi connectivity index (χ3v) is 2.75. The number of carbonyl (C=O) groups excluding carboxylic acids is 2. The van der Waals surface area contributed by atoms with E-state index in [9.17, 15) is 9.59 Å². The Morgan fingerprint density at radius 1 is 1.32 bits per heavy atom. The number of nitrogens with one attached hydrogen (secondary N) is 1. The van der Waals surface area contributed by atoms with Crippen molar-refractivity contribution < 1.29 is 9.59 Å². The van der Waals surface area contributed by atoms with Crippen LogP contribution in [0.25, 0.3) is 0 Å². The normalized spacial score (nSPS) is 11.7. The van der Waals surface area contributed by atoms with Crippen molar-refractivity contribution in [2.45, 2.75) is 19.4 Å². The quantitative estimate of drug-likeness (QED) is 0.792. The number of hydrogen-bond acceptors (Lipinski definition) is 3. The molecule has 1 aromatic carbocycles. The molecule has 0 heterocycles. The number of nitrogens with two attached hydrogens (primary N) is 1. The first-order chi connectivity index (χ1) is 9.06. The summed E-state index contributed by atoms with van der Waals surface area (Å²) in [5, 5.41) is 2.72. The fourth-order valence-corrected chi connectivity index (χ4v) is 1.65. The van der Waals surface area contributed by atoms with Crippen LogP contribution in [-0.2, 0) is 9.59 Å². The number of nitrogens with zero attached hydrogens (tertiary/aromatic N) is 1. The van der Waals surface area contributed by atoms with Crippen molar-refractivity contribution in [1.29, 1.82) is 0 Å². The molecular weight excluding hydrogens is 242 g/mol. The smallest absolute Gasteiger partial charge is 0.244 e. The number of likely N-dealkylation sites (N-methyl/N-ethyl adjacent to an activating group) is 1. The highest BCUT2D eigenvalue weighted by atomic mass is 16.2. The summed E-state index contributed by atoms with van der Waals surface area (Å²) in [6.45, 7) is 2.62. The van der Waals surface area contributed by atoms with Crippen molar-refractivity contribution in [1.82, 2.24) is 10.2 Å². The molecule has 0 fully saturated rings. The molecule has 0 saturated heterocycles.